The average Bonchev–Trinajstić information content (AvgIpc) is 2.89. The summed E-state index contributed by atoms with van der Waals surface area (Å²) < 4.78 is 27.0. The monoisotopic (exact) mass is 346 g/mol. The van der Waals surface area contributed by atoms with Gasteiger partial charge in [-0.3, -0.25) is 0 Å². The van der Waals surface area contributed by atoms with Crippen LogP contribution in [-0.4, -0.2) is 30.8 Å². The van der Waals surface area contributed by atoms with Gasteiger partial charge in [-0.15, -0.1) is 0 Å². The molecule has 0 saturated carbocycles. The highest BCUT2D eigenvalue weighted by molar-refractivity contribution is 7.89. The summed E-state index contributed by atoms with van der Waals surface area (Å²) in [7, 11) is -3.61. The Bertz CT molecular complexity index is 659. The van der Waals surface area contributed by atoms with E-state index in [1.165, 1.54) is 16.4 Å². The molecule has 0 aromatic heterocycles. The number of rotatable bonds is 4. The van der Waals surface area contributed by atoms with Crippen LogP contribution in [0.1, 0.15) is 25.8 Å². The van der Waals surface area contributed by atoms with Crippen molar-refractivity contribution in [2.24, 2.45) is 17.6 Å². The molecule has 0 spiro atoms. The lowest BCUT2D eigenvalue weighted by molar-refractivity contribution is 0.388. The Morgan fingerprint density at radius 2 is 2.14 bits per heavy atom. The van der Waals surface area contributed by atoms with Gasteiger partial charge >= 0.3 is 0 Å². The molecule has 1 saturated heterocycles. The molecule has 0 radical (unpaired) electrons. The molecule has 1 atom stereocenters. The fraction of sp³-hybridized carbons (Fsp3) is 0.500. The van der Waals surface area contributed by atoms with E-state index in [1.807, 2.05) is 0 Å². The minimum Gasteiger partial charge on any atom is -0.389 e. The molecule has 1 aliphatic rings. The molecule has 0 amide bonds. The molecule has 116 valence electrons. The number of hydrogen-bond acceptors (Lipinski definition) is 3. The SMILES string of the molecule is CC(C)C1CCN(S(=O)(=O)c2cc(C(N)=S)ccc2Cl)C1. The van der Waals surface area contributed by atoms with E-state index in [2.05, 4.69) is 13.8 Å². The predicted molar refractivity (Wildman–Crippen MR) is 89.0 cm³/mol. The lowest BCUT2D eigenvalue weighted by atomic mass is 9.96. The van der Waals surface area contributed by atoms with Crippen molar-refractivity contribution in [2.75, 3.05) is 13.1 Å². The van der Waals surface area contributed by atoms with Gasteiger partial charge in [-0.2, -0.15) is 4.31 Å². The molecule has 1 aromatic carbocycles. The number of nitrogens with two attached hydrogens (primary N) is 1. The summed E-state index contributed by atoms with van der Waals surface area (Å²) in [6, 6.07) is 4.62. The highest BCUT2D eigenvalue weighted by atomic mass is 35.5. The first-order chi connectivity index (χ1) is 9.73. The van der Waals surface area contributed by atoms with Gasteiger partial charge in [0.15, 0.2) is 0 Å². The lowest BCUT2D eigenvalue weighted by Crippen LogP contribution is -2.30. The highest BCUT2D eigenvalue weighted by Crippen LogP contribution is 2.31. The van der Waals surface area contributed by atoms with E-state index in [1.54, 1.807) is 6.07 Å². The first-order valence-electron chi connectivity index (χ1n) is 6.83. The molecule has 1 aliphatic heterocycles. The van der Waals surface area contributed by atoms with Crippen molar-refractivity contribution >= 4 is 38.8 Å². The second-order valence-electron chi connectivity index (χ2n) is 5.67. The zero-order valence-electron chi connectivity index (χ0n) is 12.0. The summed E-state index contributed by atoms with van der Waals surface area (Å²) in [6.07, 6.45) is 0.878. The normalized spacial score (nSPS) is 20.1. The van der Waals surface area contributed by atoms with Crippen LogP contribution in [0.4, 0.5) is 0 Å². The number of benzene rings is 1. The van der Waals surface area contributed by atoms with E-state index in [4.69, 9.17) is 29.6 Å². The van der Waals surface area contributed by atoms with Crippen molar-refractivity contribution < 1.29 is 8.42 Å². The molecule has 7 heteroatoms. The van der Waals surface area contributed by atoms with Crippen molar-refractivity contribution in [3.8, 4) is 0 Å². The van der Waals surface area contributed by atoms with E-state index >= 15 is 0 Å². The molecule has 1 aromatic rings. The van der Waals surface area contributed by atoms with Gasteiger partial charge in [0.1, 0.15) is 9.88 Å². The van der Waals surface area contributed by atoms with Crippen molar-refractivity contribution in [3.63, 3.8) is 0 Å². The summed E-state index contributed by atoms with van der Waals surface area (Å²) in [6.45, 7) is 5.29. The molecule has 0 bridgehead atoms. The Labute approximate surface area is 136 Å². The van der Waals surface area contributed by atoms with Crippen molar-refractivity contribution in [3.05, 3.63) is 28.8 Å². The van der Waals surface area contributed by atoms with Crippen molar-refractivity contribution in [1.82, 2.24) is 4.31 Å². The Morgan fingerprint density at radius 3 is 2.67 bits per heavy atom. The molecule has 2 N–H and O–H groups in total. The second-order valence-corrected chi connectivity index (χ2v) is 8.42. The largest absolute Gasteiger partial charge is 0.389 e. The van der Waals surface area contributed by atoms with Gasteiger partial charge in [0, 0.05) is 18.7 Å². The maximum absolute atomic E-state index is 12.8. The molecular formula is C14H19ClN2O2S2. The Morgan fingerprint density at radius 1 is 1.48 bits per heavy atom. The molecule has 21 heavy (non-hydrogen) atoms. The number of hydrogen-bond donors (Lipinski definition) is 1. The highest BCUT2D eigenvalue weighted by Gasteiger charge is 2.34. The molecule has 1 fully saturated rings. The van der Waals surface area contributed by atoms with Crippen LogP contribution in [0, 0.1) is 11.8 Å². The number of thiocarbonyl (C=S) groups is 1. The average molecular weight is 347 g/mol. The molecular weight excluding hydrogens is 328 g/mol. The van der Waals surface area contributed by atoms with Crippen LogP contribution < -0.4 is 5.73 Å². The van der Waals surface area contributed by atoms with Crippen LogP contribution in [0.25, 0.3) is 0 Å². The third-order valence-electron chi connectivity index (χ3n) is 3.96. The summed E-state index contributed by atoms with van der Waals surface area (Å²) in [5.74, 6) is 0.848. The van der Waals surface area contributed by atoms with E-state index in [0.717, 1.165) is 6.42 Å². The zero-order valence-corrected chi connectivity index (χ0v) is 14.4. The van der Waals surface area contributed by atoms with Gasteiger partial charge in [-0.05, 0) is 30.4 Å². The maximum Gasteiger partial charge on any atom is 0.244 e. The van der Waals surface area contributed by atoms with E-state index in [0.29, 0.717) is 30.5 Å². The smallest absolute Gasteiger partial charge is 0.244 e. The lowest BCUT2D eigenvalue weighted by Gasteiger charge is -2.19. The Hall–Kier alpha value is -0.690. The van der Waals surface area contributed by atoms with Crippen molar-refractivity contribution in [1.29, 1.82) is 0 Å². The molecule has 1 heterocycles. The third-order valence-corrected chi connectivity index (χ3v) is 6.55. The van der Waals surface area contributed by atoms with Crippen LogP contribution in [-0.2, 0) is 10.0 Å². The van der Waals surface area contributed by atoms with Gasteiger partial charge in [0.05, 0.1) is 5.02 Å². The third kappa shape index (κ3) is 3.39. The Kier molecular flexibility index (Phi) is 4.92. The zero-order chi connectivity index (χ0) is 15.8. The fourth-order valence-electron chi connectivity index (χ4n) is 2.51. The topological polar surface area (TPSA) is 63.4 Å². The Balaban J connectivity index is 2.36. The maximum atomic E-state index is 12.8. The minimum atomic E-state index is -3.61. The molecule has 0 aliphatic carbocycles. The molecule has 1 unspecified atom stereocenters. The number of halogens is 1. The van der Waals surface area contributed by atoms with Gasteiger partial charge in [0.2, 0.25) is 10.0 Å². The summed E-state index contributed by atoms with van der Waals surface area (Å²) >= 11 is 11.0. The van der Waals surface area contributed by atoms with Crippen LogP contribution in [0.5, 0.6) is 0 Å². The number of sulfonamides is 1. The summed E-state index contributed by atoms with van der Waals surface area (Å²) in [5.41, 5.74) is 6.08. The van der Waals surface area contributed by atoms with E-state index in [-0.39, 0.29) is 14.9 Å². The predicted octanol–water partition coefficient (Wildman–Crippen LogP) is 2.64. The molecule has 2 rings (SSSR count). The van der Waals surface area contributed by atoms with Crippen LogP contribution in [0.15, 0.2) is 23.1 Å². The fourth-order valence-corrected chi connectivity index (χ4v) is 4.65. The quantitative estimate of drug-likeness (QED) is 0.851. The van der Waals surface area contributed by atoms with Crippen molar-refractivity contribution in [2.45, 2.75) is 25.2 Å². The summed E-state index contributed by atoms with van der Waals surface area (Å²) in [4.78, 5) is 0.239. The second kappa shape index (κ2) is 6.20. The summed E-state index contributed by atoms with van der Waals surface area (Å²) in [5, 5.41) is 0.197. The van der Waals surface area contributed by atoms with E-state index in [9.17, 15) is 8.42 Å². The van der Waals surface area contributed by atoms with Crippen LogP contribution >= 0.6 is 23.8 Å². The standard InChI is InChI=1S/C14H19ClN2O2S2/c1-9(2)11-5-6-17(8-11)21(18,19)13-7-10(14(16)20)3-4-12(13)15/h3-4,7,9,11H,5-6,8H2,1-2H3,(H2,16,20). The molecule has 4 nitrogen and oxygen atoms in total. The first-order valence-corrected chi connectivity index (χ1v) is 9.05. The van der Waals surface area contributed by atoms with Gasteiger partial charge in [0.25, 0.3) is 0 Å². The van der Waals surface area contributed by atoms with Gasteiger partial charge in [-0.1, -0.05) is 43.7 Å². The first kappa shape index (κ1) is 16.7. The van der Waals surface area contributed by atoms with Crippen LogP contribution in [0.2, 0.25) is 5.02 Å². The van der Waals surface area contributed by atoms with Crippen LogP contribution in [0.3, 0.4) is 0 Å². The van der Waals surface area contributed by atoms with E-state index < -0.39 is 10.0 Å². The van der Waals surface area contributed by atoms with Gasteiger partial charge in [-0.25, -0.2) is 8.42 Å². The van der Waals surface area contributed by atoms with Gasteiger partial charge < -0.3 is 5.73 Å². The number of nitrogens with zero attached hydrogens (tertiary/aromatic N) is 1. The minimum absolute atomic E-state index is 0.0823.